The highest BCUT2D eigenvalue weighted by Gasteiger charge is 2.43. The number of aryl methyl sites for hydroxylation is 1. The summed E-state index contributed by atoms with van der Waals surface area (Å²) in [5.41, 5.74) is 2.69. The Morgan fingerprint density at radius 2 is 1.76 bits per heavy atom. The summed E-state index contributed by atoms with van der Waals surface area (Å²) in [6.07, 6.45) is 6.81. The highest BCUT2D eigenvalue weighted by Crippen LogP contribution is 2.43. The Kier molecular flexibility index (Phi) is 4.36. The van der Waals surface area contributed by atoms with Crippen LogP contribution in [0.2, 0.25) is 0 Å². The van der Waals surface area contributed by atoms with Crippen LogP contribution in [0.3, 0.4) is 0 Å². The van der Waals surface area contributed by atoms with Crippen molar-refractivity contribution < 1.29 is 13.2 Å². The predicted molar refractivity (Wildman–Crippen MR) is 96.5 cm³/mol. The van der Waals surface area contributed by atoms with Crippen LogP contribution in [0.15, 0.2) is 24.3 Å². The Labute approximate surface area is 150 Å². The zero-order chi connectivity index (χ0) is 17.6. The Hall–Kier alpha value is -1.40. The van der Waals surface area contributed by atoms with E-state index >= 15 is 0 Å². The van der Waals surface area contributed by atoms with Gasteiger partial charge in [-0.1, -0.05) is 24.3 Å². The molecule has 136 valence electrons. The lowest BCUT2D eigenvalue weighted by molar-refractivity contribution is -0.140. The molecule has 1 saturated heterocycles. The molecule has 0 N–H and O–H groups in total. The minimum atomic E-state index is -3.15. The molecule has 1 saturated carbocycles. The van der Waals surface area contributed by atoms with Gasteiger partial charge in [0.25, 0.3) is 0 Å². The molecule has 25 heavy (non-hydrogen) atoms. The summed E-state index contributed by atoms with van der Waals surface area (Å²) in [7, 11) is -3.15. The summed E-state index contributed by atoms with van der Waals surface area (Å²) >= 11 is 0. The fourth-order valence-electron chi connectivity index (χ4n) is 4.41. The minimum Gasteiger partial charge on any atom is -0.332 e. The van der Waals surface area contributed by atoms with E-state index in [9.17, 15) is 13.2 Å². The highest BCUT2D eigenvalue weighted by molar-refractivity contribution is 7.88. The standard InChI is InChI=1S/C19H26N2O3S/c1-25(23,24)20-12-10-15(11-13-20)19(22)21(16-7-8-16)18-9-6-14-4-2-3-5-17(14)18/h2-5,15-16,18H,6-13H2,1H3. The molecule has 1 aliphatic heterocycles. The molecular weight excluding hydrogens is 336 g/mol. The third-order valence-electron chi connectivity index (χ3n) is 5.90. The van der Waals surface area contributed by atoms with Gasteiger partial charge in [0.2, 0.25) is 15.9 Å². The lowest BCUT2D eigenvalue weighted by atomic mass is 9.95. The van der Waals surface area contributed by atoms with Crippen LogP contribution in [0.25, 0.3) is 0 Å². The topological polar surface area (TPSA) is 57.7 Å². The molecule has 5 nitrogen and oxygen atoms in total. The number of fused-ring (bicyclic) bond motifs is 1. The molecule has 0 aromatic heterocycles. The average molecular weight is 362 g/mol. The quantitative estimate of drug-likeness (QED) is 0.826. The predicted octanol–water partition coefficient (Wildman–Crippen LogP) is 2.34. The summed E-state index contributed by atoms with van der Waals surface area (Å²) in [5, 5.41) is 0. The van der Waals surface area contributed by atoms with E-state index in [4.69, 9.17) is 0 Å². The van der Waals surface area contributed by atoms with Gasteiger partial charge in [-0.05, 0) is 49.7 Å². The molecule has 2 aliphatic carbocycles. The van der Waals surface area contributed by atoms with Crippen molar-refractivity contribution in [1.82, 2.24) is 9.21 Å². The van der Waals surface area contributed by atoms with Gasteiger partial charge >= 0.3 is 0 Å². The summed E-state index contributed by atoms with van der Waals surface area (Å²) < 4.78 is 24.9. The lowest BCUT2D eigenvalue weighted by Crippen LogP contribution is -2.45. The molecule has 4 rings (SSSR count). The minimum absolute atomic E-state index is 0.0358. The van der Waals surface area contributed by atoms with Crippen LogP contribution in [0, 0.1) is 5.92 Å². The SMILES string of the molecule is CS(=O)(=O)N1CCC(C(=O)N(C2CC2)C2CCc3ccccc32)CC1. The molecule has 0 spiro atoms. The van der Waals surface area contributed by atoms with Gasteiger partial charge in [-0.15, -0.1) is 0 Å². The first-order chi connectivity index (χ1) is 11.9. The summed E-state index contributed by atoms with van der Waals surface area (Å²) in [6.45, 7) is 0.935. The molecule has 2 fully saturated rings. The molecule has 1 aromatic rings. The summed E-state index contributed by atoms with van der Waals surface area (Å²) in [5.74, 6) is 0.212. The van der Waals surface area contributed by atoms with Crippen LogP contribution < -0.4 is 0 Å². The van der Waals surface area contributed by atoms with E-state index in [-0.39, 0.29) is 17.9 Å². The van der Waals surface area contributed by atoms with Crippen molar-refractivity contribution in [2.45, 2.75) is 50.6 Å². The number of benzene rings is 1. The number of piperidine rings is 1. The van der Waals surface area contributed by atoms with E-state index in [2.05, 4.69) is 29.2 Å². The number of hydrogen-bond acceptors (Lipinski definition) is 3. The van der Waals surface area contributed by atoms with E-state index in [1.54, 1.807) is 0 Å². The number of rotatable bonds is 4. The van der Waals surface area contributed by atoms with Gasteiger partial charge in [0.15, 0.2) is 0 Å². The number of carbonyl (C=O) groups is 1. The molecule has 1 atom stereocenters. The maximum atomic E-state index is 13.3. The largest absolute Gasteiger partial charge is 0.332 e. The number of nitrogens with zero attached hydrogens (tertiary/aromatic N) is 2. The van der Waals surface area contributed by atoms with Crippen LogP contribution in [0.4, 0.5) is 0 Å². The van der Waals surface area contributed by atoms with E-state index in [0.717, 1.165) is 25.7 Å². The van der Waals surface area contributed by atoms with E-state index < -0.39 is 10.0 Å². The monoisotopic (exact) mass is 362 g/mol. The first-order valence-electron chi connectivity index (χ1n) is 9.30. The summed E-state index contributed by atoms with van der Waals surface area (Å²) in [6, 6.07) is 9.08. The third-order valence-corrected chi connectivity index (χ3v) is 7.21. The van der Waals surface area contributed by atoms with Crippen LogP contribution in [-0.2, 0) is 21.2 Å². The van der Waals surface area contributed by atoms with E-state index in [1.165, 1.54) is 21.7 Å². The third kappa shape index (κ3) is 3.34. The molecule has 1 amide bonds. The number of sulfonamides is 1. The molecule has 1 heterocycles. The van der Waals surface area contributed by atoms with Crippen molar-refractivity contribution in [3.05, 3.63) is 35.4 Å². The van der Waals surface area contributed by atoms with Crippen molar-refractivity contribution in [3.8, 4) is 0 Å². The second-order valence-corrected chi connectivity index (χ2v) is 9.65. The Balaban J connectivity index is 1.50. The molecular formula is C19H26N2O3S. The van der Waals surface area contributed by atoms with Crippen LogP contribution in [0.5, 0.6) is 0 Å². The second-order valence-electron chi connectivity index (χ2n) is 7.67. The van der Waals surface area contributed by atoms with Crippen molar-refractivity contribution in [2.75, 3.05) is 19.3 Å². The van der Waals surface area contributed by atoms with Crippen LogP contribution in [-0.4, -0.2) is 48.9 Å². The van der Waals surface area contributed by atoms with Gasteiger partial charge < -0.3 is 4.90 Å². The van der Waals surface area contributed by atoms with E-state index in [0.29, 0.717) is 32.0 Å². The van der Waals surface area contributed by atoms with Gasteiger partial charge in [0, 0.05) is 25.0 Å². The van der Waals surface area contributed by atoms with Crippen molar-refractivity contribution in [1.29, 1.82) is 0 Å². The van der Waals surface area contributed by atoms with Crippen molar-refractivity contribution >= 4 is 15.9 Å². The van der Waals surface area contributed by atoms with Crippen molar-refractivity contribution in [3.63, 3.8) is 0 Å². The van der Waals surface area contributed by atoms with Gasteiger partial charge in [-0.3, -0.25) is 4.79 Å². The highest BCUT2D eigenvalue weighted by atomic mass is 32.2. The Bertz CT molecular complexity index is 765. The van der Waals surface area contributed by atoms with Crippen LogP contribution in [0.1, 0.15) is 49.3 Å². The molecule has 0 bridgehead atoms. The normalized spacial score (nSPS) is 24.9. The van der Waals surface area contributed by atoms with Gasteiger partial charge in [0.05, 0.1) is 12.3 Å². The molecule has 6 heteroatoms. The number of amides is 1. The van der Waals surface area contributed by atoms with Gasteiger partial charge in [0.1, 0.15) is 0 Å². The maximum Gasteiger partial charge on any atom is 0.226 e. The Morgan fingerprint density at radius 1 is 1.08 bits per heavy atom. The number of carbonyl (C=O) groups excluding carboxylic acids is 1. The maximum absolute atomic E-state index is 13.3. The molecule has 0 radical (unpaired) electrons. The van der Waals surface area contributed by atoms with Crippen molar-refractivity contribution in [2.24, 2.45) is 5.92 Å². The summed E-state index contributed by atoms with van der Waals surface area (Å²) in [4.78, 5) is 15.5. The molecule has 1 unspecified atom stereocenters. The fourth-order valence-corrected chi connectivity index (χ4v) is 5.28. The first-order valence-corrected chi connectivity index (χ1v) is 11.1. The Morgan fingerprint density at radius 3 is 2.40 bits per heavy atom. The number of hydrogen-bond donors (Lipinski definition) is 0. The molecule has 1 aromatic carbocycles. The lowest BCUT2D eigenvalue weighted by Gasteiger charge is -2.36. The smallest absolute Gasteiger partial charge is 0.226 e. The fraction of sp³-hybridized carbons (Fsp3) is 0.632. The average Bonchev–Trinajstić information content (AvgIpc) is 3.34. The van der Waals surface area contributed by atoms with Gasteiger partial charge in [-0.25, -0.2) is 12.7 Å². The molecule has 3 aliphatic rings. The van der Waals surface area contributed by atoms with E-state index in [1.807, 2.05) is 0 Å². The van der Waals surface area contributed by atoms with Crippen LogP contribution >= 0.6 is 0 Å². The second kappa shape index (κ2) is 6.40. The zero-order valence-corrected chi connectivity index (χ0v) is 15.5. The first kappa shape index (κ1) is 17.0. The van der Waals surface area contributed by atoms with Gasteiger partial charge in [-0.2, -0.15) is 0 Å². The zero-order valence-electron chi connectivity index (χ0n) is 14.7.